The number of nitrogens with two attached hydrogens (primary N) is 1. The molecular formula is C10H10N2O4S. The standard InChI is InChI=1S/C10H10N2O4S/c11-9(13)6-7-10(14)12-17(15,16)8-4-2-1-3-5-8/h1-7H,(H2,11,13)(H,12,14)/b7-6-. The molecule has 1 rings (SSSR count). The van der Waals surface area contributed by atoms with Crippen LogP contribution in [0.5, 0.6) is 0 Å². The highest BCUT2D eigenvalue weighted by Crippen LogP contribution is 2.06. The van der Waals surface area contributed by atoms with Gasteiger partial charge in [0.1, 0.15) is 0 Å². The number of hydrogen-bond acceptors (Lipinski definition) is 4. The van der Waals surface area contributed by atoms with Crippen LogP contribution in [0.3, 0.4) is 0 Å². The van der Waals surface area contributed by atoms with Crippen LogP contribution in [-0.4, -0.2) is 20.2 Å². The second-order valence-electron chi connectivity index (χ2n) is 3.02. The molecule has 0 atom stereocenters. The molecular weight excluding hydrogens is 244 g/mol. The second-order valence-corrected chi connectivity index (χ2v) is 4.70. The van der Waals surface area contributed by atoms with E-state index in [-0.39, 0.29) is 4.90 Å². The molecule has 0 heterocycles. The Balaban J connectivity index is 2.82. The molecule has 6 nitrogen and oxygen atoms in total. The number of nitrogens with one attached hydrogen (secondary N) is 1. The van der Waals surface area contributed by atoms with Gasteiger partial charge in [0.25, 0.3) is 15.9 Å². The molecule has 0 spiro atoms. The van der Waals surface area contributed by atoms with Crippen LogP contribution >= 0.6 is 0 Å². The Morgan fingerprint density at radius 2 is 1.71 bits per heavy atom. The zero-order chi connectivity index (χ0) is 12.9. The van der Waals surface area contributed by atoms with Gasteiger partial charge >= 0.3 is 0 Å². The number of sulfonamides is 1. The molecule has 90 valence electrons. The van der Waals surface area contributed by atoms with Crippen molar-refractivity contribution in [3.8, 4) is 0 Å². The van der Waals surface area contributed by atoms with E-state index in [1.54, 1.807) is 10.8 Å². The van der Waals surface area contributed by atoms with Crippen LogP contribution in [0.25, 0.3) is 0 Å². The lowest BCUT2D eigenvalue weighted by molar-refractivity contribution is -0.116. The van der Waals surface area contributed by atoms with E-state index in [4.69, 9.17) is 5.73 Å². The minimum atomic E-state index is -3.91. The lowest BCUT2D eigenvalue weighted by Crippen LogP contribution is -2.29. The largest absolute Gasteiger partial charge is 0.366 e. The van der Waals surface area contributed by atoms with E-state index in [0.29, 0.717) is 0 Å². The monoisotopic (exact) mass is 254 g/mol. The molecule has 0 unspecified atom stereocenters. The molecule has 0 aliphatic carbocycles. The lowest BCUT2D eigenvalue weighted by Gasteiger charge is -2.03. The highest BCUT2D eigenvalue weighted by Gasteiger charge is 2.15. The number of carbonyl (C=O) groups excluding carboxylic acids is 2. The first-order valence-corrected chi connectivity index (χ1v) is 5.99. The molecule has 1 aromatic rings. The summed E-state index contributed by atoms with van der Waals surface area (Å²) in [5.74, 6) is -1.77. The molecule has 0 aliphatic rings. The molecule has 1 aromatic carbocycles. The SMILES string of the molecule is NC(=O)/C=C\C(=O)NS(=O)(=O)c1ccccc1. The molecule has 0 saturated heterocycles. The van der Waals surface area contributed by atoms with Gasteiger partial charge in [0.15, 0.2) is 0 Å². The number of hydrogen-bond donors (Lipinski definition) is 2. The van der Waals surface area contributed by atoms with E-state index in [0.717, 1.165) is 12.2 Å². The van der Waals surface area contributed by atoms with Gasteiger partial charge in [0.2, 0.25) is 5.91 Å². The Morgan fingerprint density at radius 3 is 2.24 bits per heavy atom. The lowest BCUT2D eigenvalue weighted by atomic mass is 10.4. The fourth-order valence-electron chi connectivity index (χ4n) is 0.983. The average Bonchev–Trinajstić information content (AvgIpc) is 2.27. The minimum absolute atomic E-state index is 0.0409. The predicted octanol–water partition coefficient (Wildman–Crippen LogP) is -0.467. The van der Waals surface area contributed by atoms with E-state index < -0.39 is 21.8 Å². The van der Waals surface area contributed by atoms with Gasteiger partial charge in [-0.3, -0.25) is 9.59 Å². The topological polar surface area (TPSA) is 106 Å². The van der Waals surface area contributed by atoms with Crippen molar-refractivity contribution in [2.75, 3.05) is 0 Å². The minimum Gasteiger partial charge on any atom is -0.366 e. The molecule has 0 aromatic heterocycles. The van der Waals surface area contributed by atoms with Crippen LogP contribution in [0.15, 0.2) is 47.4 Å². The molecule has 0 aliphatic heterocycles. The fraction of sp³-hybridized carbons (Fsp3) is 0. The summed E-state index contributed by atoms with van der Waals surface area (Å²) >= 11 is 0. The quantitative estimate of drug-likeness (QED) is 0.708. The summed E-state index contributed by atoms with van der Waals surface area (Å²) in [6.45, 7) is 0. The van der Waals surface area contributed by atoms with Gasteiger partial charge in [0.05, 0.1) is 4.90 Å². The molecule has 0 radical (unpaired) electrons. The van der Waals surface area contributed by atoms with Gasteiger partial charge < -0.3 is 5.73 Å². The molecule has 7 heteroatoms. The van der Waals surface area contributed by atoms with Crippen molar-refractivity contribution in [2.45, 2.75) is 4.90 Å². The highest BCUT2D eigenvalue weighted by atomic mass is 32.2. The molecule has 0 bridgehead atoms. The summed E-state index contributed by atoms with van der Waals surface area (Å²) in [5.41, 5.74) is 4.76. The number of rotatable bonds is 4. The van der Waals surface area contributed by atoms with Crippen molar-refractivity contribution in [1.29, 1.82) is 0 Å². The Kier molecular flexibility index (Phi) is 4.00. The van der Waals surface area contributed by atoms with Gasteiger partial charge in [-0.15, -0.1) is 0 Å². The van der Waals surface area contributed by atoms with Crippen LogP contribution in [-0.2, 0) is 19.6 Å². The first-order valence-electron chi connectivity index (χ1n) is 4.51. The number of amides is 2. The molecule has 3 N–H and O–H groups in total. The third-order valence-electron chi connectivity index (χ3n) is 1.69. The first-order chi connectivity index (χ1) is 7.92. The summed E-state index contributed by atoms with van der Waals surface area (Å²) in [7, 11) is -3.91. The van der Waals surface area contributed by atoms with Crippen LogP contribution in [0.4, 0.5) is 0 Å². The van der Waals surface area contributed by atoms with Gasteiger partial charge in [-0.1, -0.05) is 18.2 Å². The van der Waals surface area contributed by atoms with Gasteiger partial charge in [-0.05, 0) is 12.1 Å². The third-order valence-corrected chi connectivity index (χ3v) is 3.05. The maximum Gasteiger partial charge on any atom is 0.264 e. The maximum absolute atomic E-state index is 11.6. The van der Waals surface area contributed by atoms with E-state index in [1.165, 1.54) is 24.3 Å². The van der Waals surface area contributed by atoms with Crippen molar-refractivity contribution < 1.29 is 18.0 Å². The average molecular weight is 254 g/mol. The maximum atomic E-state index is 11.6. The number of benzene rings is 1. The van der Waals surface area contributed by atoms with Crippen molar-refractivity contribution in [1.82, 2.24) is 4.72 Å². The Labute approximate surface area is 98.2 Å². The van der Waals surface area contributed by atoms with Crippen molar-refractivity contribution in [3.05, 3.63) is 42.5 Å². The zero-order valence-corrected chi connectivity index (χ0v) is 9.48. The zero-order valence-electron chi connectivity index (χ0n) is 8.66. The third kappa shape index (κ3) is 4.07. The summed E-state index contributed by atoms with van der Waals surface area (Å²) in [6, 6.07) is 7.38. The Bertz CT molecular complexity index is 549. The smallest absolute Gasteiger partial charge is 0.264 e. The molecule has 0 saturated carbocycles. The summed E-state index contributed by atoms with van der Waals surface area (Å²) in [6.07, 6.45) is 1.53. The molecule has 17 heavy (non-hydrogen) atoms. The van der Waals surface area contributed by atoms with E-state index >= 15 is 0 Å². The second kappa shape index (κ2) is 5.26. The summed E-state index contributed by atoms with van der Waals surface area (Å²) in [4.78, 5) is 21.5. The van der Waals surface area contributed by atoms with E-state index in [1.807, 2.05) is 0 Å². The fourth-order valence-corrected chi connectivity index (χ4v) is 1.95. The van der Waals surface area contributed by atoms with Crippen molar-refractivity contribution >= 4 is 21.8 Å². The normalized spacial score (nSPS) is 11.3. The van der Waals surface area contributed by atoms with Crippen LogP contribution < -0.4 is 10.5 Å². The molecule has 2 amide bonds. The summed E-state index contributed by atoms with van der Waals surface area (Å²) in [5, 5.41) is 0. The van der Waals surface area contributed by atoms with Crippen molar-refractivity contribution in [2.24, 2.45) is 5.73 Å². The van der Waals surface area contributed by atoms with E-state index in [2.05, 4.69) is 0 Å². The number of primary amides is 1. The van der Waals surface area contributed by atoms with Crippen LogP contribution in [0.2, 0.25) is 0 Å². The molecule has 0 fully saturated rings. The Morgan fingerprint density at radius 1 is 1.12 bits per heavy atom. The highest BCUT2D eigenvalue weighted by molar-refractivity contribution is 7.90. The van der Waals surface area contributed by atoms with Gasteiger partial charge in [0, 0.05) is 12.2 Å². The van der Waals surface area contributed by atoms with Gasteiger partial charge in [-0.25, -0.2) is 13.1 Å². The van der Waals surface area contributed by atoms with Crippen molar-refractivity contribution in [3.63, 3.8) is 0 Å². The van der Waals surface area contributed by atoms with Crippen LogP contribution in [0.1, 0.15) is 0 Å². The summed E-state index contributed by atoms with van der Waals surface area (Å²) < 4.78 is 25.0. The predicted molar refractivity (Wildman–Crippen MR) is 60.1 cm³/mol. The van der Waals surface area contributed by atoms with E-state index in [9.17, 15) is 18.0 Å². The Hall–Kier alpha value is -2.15. The van der Waals surface area contributed by atoms with Gasteiger partial charge in [-0.2, -0.15) is 0 Å². The number of carbonyl (C=O) groups is 2. The first kappa shape index (κ1) is 12.9. The van der Waals surface area contributed by atoms with Crippen LogP contribution in [0, 0.1) is 0 Å².